The first-order chi connectivity index (χ1) is 13.1. The van der Waals surface area contributed by atoms with E-state index < -0.39 is 0 Å². The molecule has 1 heterocycles. The van der Waals surface area contributed by atoms with Gasteiger partial charge in [0.1, 0.15) is 5.75 Å². The summed E-state index contributed by atoms with van der Waals surface area (Å²) in [5.41, 5.74) is 1.52. The molecule has 0 unspecified atom stereocenters. The van der Waals surface area contributed by atoms with Crippen molar-refractivity contribution in [1.29, 1.82) is 0 Å². The molecule has 2 aromatic rings. The SMILES string of the molecule is COc1ccccc1CNC(=O)[C@@H]1CCCN(C(=O)c2ccc(Cl)cc2)C1. The molecule has 0 aromatic heterocycles. The van der Waals surface area contributed by atoms with Crippen LogP contribution >= 0.6 is 11.6 Å². The van der Waals surface area contributed by atoms with Gasteiger partial charge in [-0.1, -0.05) is 29.8 Å². The first kappa shape index (κ1) is 19.2. The van der Waals surface area contributed by atoms with E-state index >= 15 is 0 Å². The van der Waals surface area contributed by atoms with Crippen molar-refractivity contribution in [2.24, 2.45) is 5.92 Å². The molecule has 1 saturated heterocycles. The van der Waals surface area contributed by atoms with Gasteiger partial charge in [-0.15, -0.1) is 0 Å². The molecule has 6 heteroatoms. The number of amides is 2. The van der Waals surface area contributed by atoms with Crippen LogP contribution in [0.1, 0.15) is 28.8 Å². The minimum Gasteiger partial charge on any atom is -0.496 e. The molecule has 2 aromatic carbocycles. The van der Waals surface area contributed by atoms with Crippen LogP contribution in [0.2, 0.25) is 5.02 Å². The number of para-hydroxylation sites is 1. The smallest absolute Gasteiger partial charge is 0.253 e. The maximum absolute atomic E-state index is 12.7. The van der Waals surface area contributed by atoms with Gasteiger partial charge in [0.15, 0.2) is 0 Å². The van der Waals surface area contributed by atoms with E-state index in [1.165, 1.54) is 0 Å². The van der Waals surface area contributed by atoms with Crippen molar-refractivity contribution in [2.75, 3.05) is 20.2 Å². The zero-order chi connectivity index (χ0) is 19.2. The molecule has 5 nitrogen and oxygen atoms in total. The van der Waals surface area contributed by atoms with Gasteiger partial charge >= 0.3 is 0 Å². The number of hydrogen-bond donors (Lipinski definition) is 1. The quantitative estimate of drug-likeness (QED) is 0.855. The number of methoxy groups -OCH3 is 1. The van der Waals surface area contributed by atoms with Crippen molar-refractivity contribution in [3.8, 4) is 5.75 Å². The van der Waals surface area contributed by atoms with Crippen LogP contribution in [0.15, 0.2) is 48.5 Å². The topological polar surface area (TPSA) is 58.6 Å². The van der Waals surface area contributed by atoms with Crippen molar-refractivity contribution < 1.29 is 14.3 Å². The second-order valence-corrected chi connectivity index (χ2v) is 7.06. The van der Waals surface area contributed by atoms with Crippen LogP contribution in [-0.2, 0) is 11.3 Å². The molecule has 1 atom stereocenters. The Morgan fingerprint density at radius 2 is 1.93 bits per heavy atom. The summed E-state index contributed by atoms with van der Waals surface area (Å²) in [6, 6.07) is 14.5. The summed E-state index contributed by atoms with van der Waals surface area (Å²) in [5, 5.41) is 3.57. The lowest BCUT2D eigenvalue weighted by Gasteiger charge is -2.32. The summed E-state index contributed by atoms with van der Waals surface area (Å²) in [6.45, 7) is 1.50. The van der Waals surface area contributed by atoms with Crippen LogP contribution in [0.3, 0.4) is 0 Å². The van der Waals surface area contributed by atoms with E-state index in [2.05, 4.69) is 5.32 Å². The number of ether oxygens (including phenoxy) is 1. The highest BCUT2D eigenvalue weighted by Crippen LogP contribution is 2.21. The summed E-state index contributed by atoms with van der Waals surface area (Å²) in [4.78, 5) is 27.0. The fourth-order valence-corrected chi connectivity index (χ4v) is 3.45. The Kier molecular flexibility index (Phi) is 6.35. The van der Waals surface area contributed by atoms with Gasteiger partial charge < -0.3 is 15.0 Å². The van der Waals surface area contributed by atoms with Crippen molar-refractivity contribution in [1.82, 2.24) is 10.2 Å². The maximum Gasteiger partial charge on any atom is 0.253 e. The van der Waals surface area contributed by atoms with Gasteiger partial charge in [0.2, 0.25) is 5.91 Å². The lowest BCUT2D eigenvalue weighted by molar-refractivity contribution is -0.126. The summed E-state index contributed by atoms with van der Waals surface area (Å²) in [7, 11) is 1.61. The van der Waals surface area contributed by atoms with E-state index in [9.17, 15) is 9.59 Å². The molecule has 27 heavy (non-hydrogen) atoms. The molecule has 1 N–H and O–H groups in total. The molecule has 2 amide bonds. The Bertz CT molecular complexity index is 807. The summed E-state index contributed by atoms with van der Waals surface area (Å²) >= 11 is 5.89. The zero-order valence-corrected chi connectivity index (χ0v) is 16.0. The first-order valence-corrected chi connectivity index (χ1v) is 9.40. The second kappa shape index (κ2) is 8.91. The normalized spacial score (nSPS) is 16.7. The van der Waals surface area contributed by atoms with Gasteiger partial charge in [0.05, 0.1) is 13.0 Å². The van der Waals surface area contributed by atoms with Crippen molar-refractivity contribution >= 4 is 23.4 Å². The molecular formula is C21H23ClN2O3. The summed E-state index contributed by atoms with van der Waals surface area (Å²) in [5.74, 6) is 0.453. The van der Waals surface area contributed by atoms with Gasteiger partial charge in [0, 0.05) is 35.8 Å². The van der Waals surface area contributed by atoms with Crippen LogP contribution in [-0.4, -0.2) is 36.9 Å². The molecule has 0 saturated carbocycles. The largest absolute Gasteiger partial charge is 0.496 e. The molecule has 0 bridgehead atoms. The Morgan fingerprint density at radius 3 is 2.67 bits per heavy atom. The zero-order valence-electron chi connectivity index (χ0n) is 15.3. The fraction of sp³-hybridized carbons (Fsp3) is 0.333. The Hall–Kier alpha value is -2.53. The Balaban J connectivity index is 1.59. The maximum atomic E-state index is 12.7. The van der Waals surface area contributed by atoms with E-state index in [0.717, 1.165) is 24.2 Å². The van der Waals surface area contributed by atoms with E-state index in [1.54, 1.807) is 36.3 Å². The van der Waals surface area contributed by atoms with Gasteiger partial charge in [-0.3, -0.25) is 9.59 Å². The third kappa shape index (κ3) is 4.80. The molecule has 142 valence electrons. The van der Waals surface area contributed by atoms with E-state index in [0.29, 0.717) is 30.2 Å². The standard InChI is InChI=1S/C21H23ClN2O3/c1-27-19-7-3-2-5-16(19)13-23-20(25)17-6-4-12-24(14-17)21(26)15-8-10-18(22)11-9-15/h2-3,5,7-11,17H,4,6,12-14H2,1H3,(H,23,25)/t17-/m1/s1. The minimum atomic E-state index is -0.204. The number of carbonyl (C=O) groups excluding carboxylic acids is 2. The average molecular weight is 387 g/mol. The third-order valence-electron chi connectivity index (χ3n) is 4.82. The number of rotatable bonds is 5. The molecule has 3 rings (SSSR count). The summed E-state index contributed by atoms with van der Waals surface area (Å²) < 4.78 is 5.32. The molecule has 0 aliphatic carbocycles. The van der Waals surface area contributed by atoms with Crippen LogP contribution in [0.5, 0.6) is 5.75 Å². The Morgan fingerprint density at radius 1 is 1.19 bits per heavy atom. The second-order valence-electron chi connectivity index (χ2n) is 6.63. The van der Waals surface area contributed by atoms with Crippen LogP contribution in [0.25, 0.3) is 0 Å². The average Bonchev–Trinajstić information content (AvgIpc) is 2.72. The number of halogens is 1. The van der Waals surface area contributed by atoms with E-state index in [1.807, 2.05) is 24.3 Å². The first-order valence-electron chi connectivity index (χ1n) is 9.03. The minimum absolute atomic E-state index is 0.0329. The lowest BCUT2D eigenvalue weighted by atomic mass is 9.96. The van der Waals surface area contributed by atoms with Gasteiger partial charge in [0.25, 0.3) is 5.91 Å². The van der Waals surface area contributed by atoms with Crippen molar-refractivity contribution in [2.45, 2.75) is 19.4 Å². The predicted octanol–water partition coefficient (Wildman–Crippen LogP) is 3.52. The van der Waals surface area contributed by atoms with Gasteiger partial charge in [-0.2, -0.15) is 0 Å². The predicted molar refractivity (Wildman–Crippen MR) is 105 cm³/mol. The number of likely N-dealkylation sites (tertiary alicyclic amines) is 1. The number of nitrogens with zero attached hydrogens (tertiary/aromatic N) is 1. The number of benzene rings is 2. The molecule has 1 fully saturated rings. The number of nitrogens with one attached hydrogen (secondary N) is 1. The molecule has 1 aliphatic heterocycles. The molecule has 1 aliphatic rings. The lowest BCUT2D eigenvalue weighted by Crippen LogP contribution is -2.45. The number of piperidine rings is 1. The van der Waals surface area contributed by atoms with E-state index in [4.69, 9.17) is 16.3 Å². The van der Waals surface area contributed by atoms with Crippen LogP contribution in [0, 0.1) is 5.92 Å². The van der Waals surface area contributed by atoms with Crippen LogP contribution < -0.4 is 10.1 Å². The highest BCUT2D eigenvalue weighted by Gasteiger charge is 2.28. The summed E-state index contributed by atoms with van der Waals surface area (Å²) in [6.07, 6.45) is 1.59. The van der Waals surface area contributed by atoms with Crippen molar-refractivity contribution in [3.63, 3.8) is 0 Å². The molecule has 0 radical (unpaired) electrons. The fourth-order valence-electron chi connectivity index (χ4n) is 3.33. The van der Waals surface area contributed by atoms with Gasteiger partial charge in [-0.25, -0.2) is 0 Å². The van der Waals surface area contributed by atoms with Crippen LogP contribution in [0.4, 0.5) is 0 Å². The number of carbonyl (C=O) groups is 2. The van der Waals surface area contributed by atoms with E-state index in [-0.39, 0.29) is 17.7 Å². The molecular weight excluding hydrogens is 364 g/mol. The van der Waals surface area contributed by atoms with Gasteiger partial charge in [-0.05, 0) is 43.2 Å². The van der Waals surface area contributed by atoms with Crippen molar-refractivity contribution in [3.05, 3.63) is 64.7 Å². The monoisotopic (exact) mass is 386 g/mol. The highest BCUT2D eigenvalue weighted by molar-refractivity contribution is 6.30. The highest BCUT2D eigenvalue weighted by atomic mass is 35.5. The molecule has 0 spiro atoms. The Labute approximate surface area is 164 Å². The third-order valence-corrected chi connectivity index (χ3v) is 5.07. The number of hydrogen-bond acceptors (Lipinski definition) is 3.